The van der Waals surface area contributed by atoms with Crippen molar-refractivity contribution in [3.63, 3.8) is 0 Å². The maximum Gasteiger partial charge on any atom is 0.0814 e. The molecule has 0 aliphatic carbocycles. The molecule has 1 heterocycles. The van der Waals surface area contributed by atoms with Crippen LogP contribution >= 0.6 is 0 Å². The molecule has 0 N–H and O–H groups in total. The van der Waals surface area contributed by atoms with Crippen molar-refractivity contribution >= 4 is 0 Å². The van der Waals surface area contributed by atoms with E-state index in [1.54, 1.807) is 7.11 Å². The topological polar surface area (TPSA) is 27.7 Å². The van der Waals surface area contributed by atoms with E-state index in [9.17, 15) is 0 Å². The molecule has 2 rings (SSSR count). The van der Waals surface area contributed by atoms with E-state index in [-0.39, 0.29) is 12.2 Å². The lowest BCUT2D eigenvalue weighted by molar-refractivity contribution is -0.0413. The molecule has 1 unspecified atom stereocenters. The van der Waals surface area contributed by atoms with Gasteiger partial charge in [-0.25, -0.2) is 0 Å². The zero-order chi connectivity index (χ0) is 11.9. The molecule has 3 nitrogen and oxygen atoms in total. The summed E-state index contributed by atoms with van der Waals surface area (Å²) in [4.78, 5) is 0. The van der Waals surface area contributed by atoms with E-state index in [2.05, 4.69) is 12.1 Å². The normalized spacial score (nSPS) is 24.1. The van der Waals surface area contributed by atoms with Crippen molar-refractivity contribution in [2.45, 2.75) is 31.7 Å². The lowest BCUT2D eigenvalue weighted by Gasteiger charge is -2.13. The van der Waals surface area contributed by atoms with Gasteiger partial charge in [0.25, 0.3) is 0 Å². The third kappa shape index (κ3) is 4.11. The van der Waals surface area contributed by atoms with E-state index >= 15 is 0 Å². The third-order valence-corrected chi connectivity index (χ3v) is 2.96. The molecule has 1 aromatic carbocycles. The summed E-state index contributed by atoms with van der Waals surface area (Å²) in [7, 11) is 1.71. The Bertz CT molecular complexity index is 313. The Morgan fingerprint density at radius 1 is 1.12 bits per heavy atom. The molecule has 1 aliphatic rings. The van der Waals surface area contributed by atoms with Crippen LogP contribution < -0.4 is 0 Å². The molecule has 1 saturated heterocycles. The van der Waals surface area contributed by atoms with E-state index in [1.165, 1.54) is 5.56 Å². The summed E-state index contributed by atoms with van der Waals surface area (Å²) in [6, 6.07) is 10.2. The van der Waals surface area contributed by atoms with Crippen LogP contribution in [-0.2, 0) is 20.8 Å². The van der Waals surface area contributed by atoms with Gasteiger partial charge in [-0.05, 0) is 18.4 Å². The minimum absolute atomic E-state index is 0.235. The quantitative estimate of drug-likeness (QED) is 0.759. The van der Waals surface area contributed by atoms with Crippen molar-refractivity contribution in [1.29, 1.82) is 0 Å². The minimum atomic E-state index is 0.235. The highest BCUT2D eigenvalue weighted by Gasteiger charge is 2.24. The molecule has 0 radical (unpaired) electrons. The van der Waals surface area contributed by atoms with Gasteiger partial charge >= 0.3 is 0 Å². The Morgan fingerprint density at radius 3 is 2.53 bits per heavy atom. The van der Waals surface area contributed by atoms with E-state index in [4.69, 9.17) is 14.2 Å². The molecule has 0 spiro atoms. The van der Waals surface area contributed by atoms with Crippen LogP contribution in [0.2, 0.25) is 0 Å². The average molecular weight is 236 g/mol. The Balaban J connectivity index is 1.63. The van der Waals surface area contributed by atoms with Crippen LogP contribution in [0, 0.1) is 0 Å². The summed E-state index contributed by atoms with van der Waals surface area (Å²) in [5, 5.41) is 0. The zero-order valence-corrected chi connectivity index (χ0v) is 10.3. The largest absolute Gasteiger partial charge is 0.382 e. The molecule has 0 bridgehead atoms. The summed E-state index contributed by atoms with van der Waals surface area (Å²) < 4.78 is 16.5. The van der Waals surface area contributed by atoms with Crippen LogP contribution in [0.3, 0.4) is 0 Å². The predicted octanol–water partition coefficient (Wildman–Crippen LogP) is 2.40. The standard InChI is InChI=1S/C14H20O3/c1-15-10-13-7-8-14(17-13)11-16-9-12-5-3-2-4-6-12/h2-6,13-14H,7-11H2,1H3/t13?,14-/m0/s1. The maximum absolute atomic E-state index is 5.79. The number of hydrogen-bond donors (Lipinski definition) is 0. The van der Waals surface area contributed by atoms with E-state index in [0.29, 0.717) is 19.8 Å². The maximum atomic E-state index is 5.79. The van der Waals surface area contributed by atoms with Gasteiger partial charge in [-0.1, -0.05) is 30.3 Å². The fourth-order valence-electron chi connectivity index (χ4n) is 2.09. The van der Waals surface area contributed by atoms with Crippen molar-refractivity contribution in [3.05, 3.63) is 35.9 Å². The van der Waals surface area contributed by atoms with Crippen LogP contribution in [0.15, 0.2) is 30.3 Å². The van der Waals surface area contributed by atoms with Gasteiger partial charge in [0, 0.05) is 7.11 Å². The highest BCUT2D eigenvalue weighted by atomic mass is 16.6. The van der Waals surface area contributed by atoms with Gasteiger partial charge in [0.05, 0.1) is 32.0 Å². The fourth-order valence-corrected chi connectivity index (χ4v) is 2.09. The van der Waals surface area contributed by atoms with Gasteiger partial charge in [-0.3, -0.25) is 0 Å². The molecule has 3 heteroatoms. The molecule has 17 heavy (non-hydrogen) atoms. The fraction of sp³-hybridized carbons (Fsp3) is 0.571. The van der Waals surface area contributed by atoms with Crippen molar-refractivity contribution in [2.24, 2.45) is 0 Å². The van der Waals surface area contributed by atoms with Crippen molar-refractivity contribution in [2.75, 3.05) is 20.3 Å². The smallest absolute Gasteiger partial charge is 0.0814 e. The van der Waals surface area contributed by atoms with Gasteiger partial charge in [-0.2, -0.15) is 0 Å². The molecule has 0 aromatic heterocycles. The highest BCUT2D eigenvalue weighted by molar-refractivity contribution is 5.13. The summed E-state index contributed by atoms with van der Waals surface area (Å²) in [5.74, 6) is 0. The van der Waals surface area contributed by atoms with Crippen molar-refractivity contribution < 1.29 is 14.2 Å². The zero-order valence-electron chi connectivity index (χ0n) is 10.3. The first-order chi connectivity index (χ1) is 8.38. The molecule has 0 saturated carbocycles. The average Bonchev–Trinajstić information content (AvgIpc) is 2.79. The summed E-state index contributed by atoms with van der Waals surface area (Å²) >= 11 is 0. The van der Waals surface area contributed by atoms with Gasteiger partial charge in [-0.15, -0.1) is 0 Å². The highest BCUT2D eigenvalue weighted by Crippen LogP contribution is 2.20. The number of methoxy groups -OCH3 is 1. The molecule has 2 atom stereocenters. The lowest BCUT2D eigenvalue weighted by atomic mass is 10.2. The van der Waals surface area contributed by atoms with Gasteiger partial charge < -0.3 is 14.2 Å². The van der Waals surface area contributed by atoms with Gasteiger partial charge in [0.2, 0.25) is 0 Å². The van der Waals surface area contributed by atoms with Gasteiger partial charge in [0.1, 0.15) is 0 Å². The molecule has 94 valence electrons. The van der Waals surface area contributed by atoms with Crippen LogP contribution in [-0.4, -0.2) is 32.5 Å². The minimum Gasteiger partial charge on any atom is -0.382 e. The lowest BCUT2D eigenvalue weighted by Crippen LogP contribution is -2.19. The number of benzene rings is 1. The third-order valence-electron chi connectivity index (χ3n) is 2.96. The molecular weight excluding hydrogens is 216 g/mol. The van der Waals surface area contributed by atoms with E-state index < -0.39 is 0 Å². The first-order valence-corrected chi connectivity index (χ1v) is 6.14. The Kier molecular flexibility index (Phi) is 4.98. The summed E-state index contributed by atoms with van der Waals surface area (Å²) in [6.45, 7) is 2.03. The second-order valence-corrected chi connectivity index (χ2v) is 4.41. The first kappa shape index (κ1) is 12.6. The van der Waals surface area contributed by atoms with E-state index in [0.717, 1.165) is 12.8 Å². The van der Waals surface area contributed by atoms with Crippen molar-refractivity contribution in [3.8, 4) is 0 Å². The molecular formula is C14H20O3. The van der Waals surface area contributed by atoms with Crippen LogP contribution in [0.1, 0.15) is 18.4 Å². The first-order valence-electron chi connectivity index (χ1n) is 6.14. The predicted molar refractivity (Wildman–Crippen MR) is 65.9 cm³/mol. The summed E-state index contributed by atoms with van der Waals surface area (Å²) in [6.07, 6.45) is 2.64. The van der Waals surface area contributed by atoms with Gasteiger partial charge in [0.15, 0.2) is 0 Å². The van der Waals surface area contributed by atoms with E-state index in [1.807, 2.05) is 18.2 Å². The number of ether oxygens (including phenoxy) is 3. The Morgan fingerprint density at radius 2 is 1.82 bits per heavy atom. The molecule has 1 aliphatic heterocycles. The molecule has 0 amide bonds. The van der Waals surface area contributed by atoms with Crippen LogP contribution in [0.5, 0.6) is 0 Å². The van der Waals surface area contributed by atoms with Crippen LogP contribution in [0.25, 0.3) is 0 Å². The Labute approximate surface area is 103 Å². The number of hydrogen-bond acceptors (Lipinski definition) is 3. The summed E-state index contributed by atoms with van der Waals surface area (Å²) in [5.41, 5.74) is 1.21. The SMILES string of the molecule is COCC1CC[C@@H](COCc2ccccc2)O1. The van der Waals surface area contributed by atoms with Crippen molar-refractivity contribution in [1.82, 2.24) is 0 Å². The molecule has 1 aromatic rings. The molecule has 1 fully saturated rings. The number of rotatable bonds is 6. The second-order valence-electron chi connectivity index (χ2n) is 4.41. The second kappa shape index (κ2) is 6.74. The van der Waals surface area contributed by atoms with Crippen LogP contribution in [0.4, 0.5) is 0 Å². The monoisotopic (exact) mass is 236 g/mol. The Hall–Kier alpha value is -0.900.